The van der Waals surface area contributed by atoms with Crippen LogP contribution in [0.5, 0.6) is 0 Å². The fourth-order valence-corrected chi connectivity index (χ4v) is 0.812. The maximum atomic E-state index is 3.26. The Kier molecular flexibility index (Phi) is 3.10. The molecule has 0 amide bonds. The molecule has 0 spiro atoms. The number of allylic oxidation sites excluding steroid dienone is 1. The van der Waals surface area contributed by atoms with Crippen LogP contribution in [-0.4, -0.2) is 12.6 Å². The van der Waals surface area contributed by atoms with E-state index in [4.69, 9.17) is 0 Å². The third kappa shape index (κ3) is 2.14. The minimum Gasteiger partial charge on any atom is -0.311 e. The average Bonchev–Trinajstić information content (AvgIpc) is 1.86. The summed E-state index contributed by atoms with van der Waals surface area (Å²) in [5, 5.41) is 3.26. The van der Waals surface area contributed by atoms with Crippen molar-refractivity contribution < 1.29 is 0 Å². The molecule has 0 radical (unpaired) electrons. The van der Waals surface area contributed by atoms with Gasteiger partial charge in [-0.15, -0.1) is 0 Å². The quantitative estimate of drug-likeness (QED) is 0.582. The van der Waals surface area contributed by atoms with Gasteiger partial charge in [-0.1, -0.05) is 11.1 Å². The molecule has 0 aromatic carbocycles. The number of nitrogens with one attached hydrogen (secondary N) is 1. The normalized spacial score (nSPS) is 11.4. The molecule has 0 aliphatic carbocycles. The Morgan fingerprint density at radius 3 is 1.60 bits per heavy atom. The van der Waals surface area contributed by atoms with Crippen molar-refractivity contribution in [2.24, 2.45) is 0 Å². The highest BCUT2D eigenvalue weighted by molar-refractivity contribution is 5.19. The van der Waals surface area contributed by atoms with Gasteiger partial charge in [0.2, 0.25) is 0 Å². The van der Waals surface area contributed by atoms with Crippen LogP contribution in [-0.2, 0) is 0 Å². The Bertz CT molecular complexity index is 139. The van der Waals surface area contributed by atoms with Crippen LogP contribution in [0.4, 0.5) is 0 Å². The molecule has 60 valence electrons. The smallest absolute Gasteiger partial charge is 0.0333 e. The Balaban J connectivity index is 4.49. The Morgan fingerprint density at radius 1 is 1.10 bits per heavy atom. The van der Waals surface area contributed by atoms with Crippen molar-refractivity contribution in [3.63, 3.8) is 0 Å². The summed E-state index contributed by atoms with van der Waals surface area (Å²) in [4.78, 5) is 0. The zero-order chi connectivity index (χ0) is 8.36. The first kappa shape index (κ1) is 9.70. The van der Waals surface area contributed by atoms with E-state index in [0.717, 1.165) is 0 Å². The fraction of sp³-hybridized carbons (Fsp3) is 0.778. The van der Waals surface area contributed by atoms with Crippen molar-refractivity contribution in [3.8, 4) is 0 Å². The highest BCUT2D eigenvalue weighted by Gasteiger charge is 2.16. The lowest BCUT2D eigenvalue weighted by Crippen LogP contribution is -2.37. The summed E-state index contributed by atoms with van der Waals surface area (Å²) in [7, 11) is 1.99. The van der Waals surface area contributed by atoms with Gasteiger partial charge in [0, 0.05) is 5.54 Å². The van der Waals surface area contributed by atoms with Crippen LogP contribution in [0.25, 0.3) is 0 Å². The summed E-state index contributed by atoms with van der Waals surface area (Å²) in [5.74, 6) is 0. The zero-order valence-corrected chi connectivity index (χ0v) is 8.00. The van der Waals surface area contributed by atoms with Gasteiger partial charge in [0.05, 0.1) is 0 Å². The minimum atomic E-state index is 0.152. The van der Waals surface area contributed by atoms with Gasteiger partial charge < -0.3 is 5.32 Å². The molecular weight excluding hydrogens is 122 g/mol. The molecule has 0 aromatic heterocycles. The number of hydrogen-bond donors (Lipinski definition) is 1. The SMILES string of the molecule is CNC(C)(C)C(C)=C(C)C. The second kappa shape index (κ2) is 3.20. The van der Waals surface area contributed by atoms with Crippen molar-refractivity contribution in [3.05, 3.63) is 11.1 Å². The molecule has 1 N–H and O–H groups in total. The largest absolute Gasteiger partial charge is 0.311 e. The average molecular weight is 141 g/mol. The van der Waals surface area contributed by atoms with Crippen LogP contribution in [0.15, 0.2) is 11.1 Å². The molecule has 0 aromatic rings. The third-order valence-electron chi connectivity index (χ3n) is 2.31. The van der Waals surface area contributed by atoms with Gasteiger partial charge >= 0.3 is 0 Å². The van der Waals surface area contributed by atoms with E-state index in [1.165, 1.54) is 11.1 Å². The lowest BCUT2D eigenvalue weighted by molar-refractivity contribution is 0.493. The summed E-state index contributed by atoms with van der Waals surface area (Å²) in [6.07, 6.45) is 0. The second-order valence-corrected chi connectivity index (χ2v) is 3.50. The maximum Gasteiger partial charge on any atom is 0.0333 e. The van der Waals surface area contributed by atoms with Gasteiger partial charge in [-0.2, -0.15) is 0 Å². The molecule has 0 fully saturated rings. The predicted molar refractivity (Wildman–Crippen MR) is 47.2 cm³/mol. The van der Waals surface area contributed by atoms with Crippen molar-refractivity contribution >= 4 is 0 Å². The van der Waals surface area contributed by atoms with Crippen LogP contribution in [0, 0.1) is 0 Å². The van der Waals surface area contributed by atoms with E-state index < -0.39 is 0 Å². The Hall–Kier alpha value is -0.300. The van der Waals surface area contributed by atoms with Crippen LogP contribution in [0.1, 0.15) is 34.6 Å². The summed E-state index contributed by atoms with van der Waals surface area (Å²) >= 11 is 0. The van der Waals surface area contributed by atoms with Gasteiger partial charge in [-0.3, -0.25) is 0 Å². The first-order valence-corrected chi connectivity index (χ1v) is 3.75. The predicted octanol–water partition coefficient (Wildman–Crippen LogP) is 2.34. The van der Waals surface area contributed by atoms with Crippen molar-refractivity contribution in [2.75, 3.05) is 7.05 Å². The van der Waals surface area contributed by atoms with E-state index in [-0.39, 0.29) is 5.54 Å². The molecule has 0 heterocycles. The first-order valence-electron chi connectivity index (χ1n) is 3.75. The van der Waals surface area contributed by atoms with Gasteiger partial charge in [-0.25, -0.2) is 0 Å². The van der Waals surface area contributed by atoms with E-state index in [0.29, 0.717) is 0 Å². The molecule has 0 saturated carbocycles. The van der Waals surface area contributed by atoms with E-state index in [1.54, 1.807) is 0 Å². The molecule has 1 heteroatoms. The topological polar surface area (TPSA) is 12.0 Å². The van der Waals surface area contributed by atoms with Crippen molar-refractivity contribution in [1.29, 1.82) is 0 Å². The first-order chi connectivity index (χ1) is 4.41. The van der Waals surface area contributed by atoms with Crippen LogP contribution >= 0.6 is 0 Å². The zero-order valence-electron chi connectivity index (χ0n) is 8.00. The highest BCUT2D eigenvalue weighted by Crippen LogP contribution is 2.17. The van der Waals surface area contributed by atoms with E-state index in [2.05, 4.69) is 39.9 Å². The van der Waals surface area contributed by atoms with Gasteiger partial charge in [0.25, 0.3) is 0 Å². The lowest BCUT2D eigenvalue weighted by Gasteiger charge is -2.26. The van der Waals surface area contributed by atoms with Gasteiger partial charge in [0.15, 0.2) is 0 Å². The van der Waals surface area contributed by atoms with Crippen LogP contribution in [0.2, 0.25) is 0 Å². The molecule has 0 saturated heterocycles. The van der Waals surface area contributed by atoms with E-state index in [9.17, 15) is 0 Å². The molecule has 0 aliphatic rings. The van der Waals surface area contributed by atoms with Crippen molar-refractivity contribution in [2.45, 2.75) is 40.2 Å². The highest BCUT2D eigenvalue weighted by atomic mass is 14.9. The lowest BCUT2D eigenvalue weighted by atomic mass is 9.92. The third-order valence-corrected chi connectivity index (χ3v) is 2.31. The standard InChI is InChI=1S/C9H19N/c1-7(2)8(3)9(4,5)10-6/h10H,1-6H3. The molecule has 0 unspecified atom stereocenters. The minimum absolute atomic E-state index is 0.152. The molecule has 0 rings (SSSR count). The van der Waals surface area contributed by atoms with Gasteiger partial charge in [0.1, 0.15) is 0 Å². The Labute approximate surface area is 64.5 Å². The van der Waals surface area contributed by atoms with Crippen molar-refractivity contribution in [1.82, 2.24) is 5.32 Å². The molecule has 0 atom stereocenters. The summed E-state index contributed by atoms with van der Waals surface area (Å²) in [6, 6.07) is 0. The number of hydrogen-bond acceptors (Lipinski definition) is 1. The van der Waals surface area contributed by atoms with E-state index in [1.807, 2.05) is 7.05 Å². The summed E-state index contributed by atoms with van der Waals surface area (Å²) in [6.45, 7) is 10.8. The fourth-order valence-electron chi connectivity index (χ4n) is 0.812. The van der Waals surface area contributed by atoms with Crippen LogP contribution < -0.4 is 5.32 Å². The van der Waals surface area contributed by atoms with Crippen LogP contribution in [0.3, 0.4) is 0 Å². The maximum absolute atomic E-state index is 3.26. The van der Waals surface area contributed by atoms with E-state index >= 15 is 0 Å². The Morgan fingerprint density at radius 2 is 1.50 bits per heavy atom. The summed E-state index contributed by atoms with van der Waals surface area (Å²) < 4.78 is 0. The summed E-state index contributed by atoms with van der Waals surface area (Å²) in [5.41, 5.74) is 2.98. The molecule has 1 nitrogen and oxygen atoms in total. The van der Waals surface area contributed by atoms with Gasteiger partial charge in [-0.05, 0) is 41.7 Å². The molecule has 10 heavy (non-hydrogen) atoms. The number of likely N-dealkylation sites (N-methyl/N-ethyl adjacent to an activating group) is 1. The second-order valence-electron chi connectivity index (χ2n) is 3.50. The number of rotatable bonds is 2. The molecular formula is C9H19N. The monoisotopic (exact) mass is 141 g/mol. The molecule has 0 aliphatic heterocycles. The molecule has 0 bridgehead atoms.